The van der Waals surface area contributed by atoms with Crippen molar-refractivity contribution in [2.75, 3.05) is 5.32 Å². The molecule has 3 rings (SSSR count). The number of nitrogens with zero attached hydrogens (tertiary/aromatic N) is 2. The topological polar surface area (TPSA) is 54.9 Å². The monoisotopic (exact) mass is 377 g/mol. The molecule has 110 valence electrons. The van der Waals surface area contributed by atoms with Crippen molar-refractivity contribution in [3.8, 4) is 11.3 Å². The zero-order valence-electron chi connectivity index (χ0n) is 11.1. The molecule has 7 heteroatoms. The fraction of sp³-hybridized carbons (Fsp3) is 0. The van der Waals surface area contributed by atoms with E-state index in [-0.39, 0.29) is 5.69 Å². The smallest absolute Gasteiger partial charge is 0.269 e. The van der Waals surface area contributed by atoms with Crippen LogP contribution in [0.2, 0.25) is 0 Å². The van der Waals surface area contributed by atoms with Gasteiger partial charge in [0.15, 0.2) is 0 Å². The summed E-state index contributed by atoms with van der Waals surface area (Å²) in [6.45, 7) is 0. The summed E-state index contributed by atoms with van der Waals surface area (Å²) < 4.78 is 18.2. The molecule has 0 saturated heterocycles. The molecule has 3 aromatic rings. The summed E-state index contributed by atoms with van der Waals surface area (Å²) in [6, 6.07) is 13.7. The molecule has 22 heavy (non-hydrogen) atoms. The van der Waals surface area contributed by atoms with Crippen LogP contribution in [0, 0.1) is 5.82 Å². The molecule has 2 aromatic carbocycles. The second kappa shape index (κ2) is 6.33. The summed E-state index contributed by atoms with van der Waals surface area (Å²) in [5.74, 6) is -0.948. The summed E-state index contributed by atoms with van der Waals surface area (Å²) in [5, 5.41) is 6.54. The highest BCUT2D eigenvalue weighted by molar-refractivity contribution is 9.10. The predicted molar refractivity (Wildman–Crippen MR) is 87.4 cm³/mol. The number of halogens is 2. The third-order valence-electron chi connectivity index (χ3n) is 2.92. The Labute approximate surface area is 138 Å². The minimum Gasteiger partial charge on any atom is -0.319 e. The lowest BCUT2D eigenvalue weighted by atomic mass is 10.1. The minimum absolute atomic E-state index is 0.112. The first kappa shape index (κ1) is 14.8. The molecule has 0 unspecified atom stereocenters. The molecule has 1 aromatic heterocycles. The van der Waals surface area contributed by atoms with Gasteiger partial charge in [-0.1, -0.05) is 50.8 Å². The van der Waals surface area contributed by atoms with Crippen molar-refractivity contribution in [2.45, 2.75) is 0 Å². The Balaban J connectivity index is 1.89. The number of carbonyl (C=O) groups excluding carboxylic acids is 1. The van der Waals surface area contributed by atoms with Gasteiger partial charge in [0.25, 0.3) is 5.91 Å². The number of hydrogen-bond donors (Lipinski definition) is 1. The first-order valence-corrected chi connectivity index (χ1v) is 7.86. The summed E-state index contributed by atoms with van der Waals surface area (Å²) in [7, 11) is 0. The first-order chi connectivity index (χ1) is 10.6. The molecular weight excluding hydrogens is 369 g/mol. The van der Waals surface area contributed by atoms with Gasteiger partial charge in [0.1, 0.15) is 16.4 Å². The molecule has 0 aliphatic rings. The van der Waals surface area contributed by atoms with E-state index in [1.54, 1.807) is 6.07 Å². The van der Waals surface area contributed by atoms with E-state index in [1.165, 1.54) is 12.1 Å². The number of benzene rings is 2. The normalized spacial score (nSPS) is 10.5. The second-order valence-corrected chi connectivity index (χ2v) is 6.06. The standard InChI is InChI=1S/C15H9BrFN3OS/c16-10-6-7-12(11(17)8-10)18-15(21)14-13(19-20-22-14)9-4-2-1-3-5-9/h1-8H,(H,18,21). The van der Waals surface area contributed by atoms with Crippen molar-refractivity contribution in [3.63, 3.8) is 0 Å². The Morgan fingerprint density at radius 1 is 1.18 bits per heavy atom. The maximum absolute atomic E-state index is 13.8. The summed E-state index contributed by atoms with van der Waals surface area (Å²) in [5.41, 5.74) is 1.39. The Bertz CT molecular complexity index is 823. The van der Waals surface area contributed by atoms with Crippen LogP contribution in [0.25, 0.3) is 11.3 Å². The van der Waals surface area contributed by atoms with Crippen LogP contribution < -0.4 is 5.32 Å². The van der Waals surface area contributed by atoms with Gasteiger partial charge in [-0.3, -0.25) is 4.79 Å². The van der Waals surface area contributed by atoms with Crippen molar-refractivity contribution >= 4 is 39.1 Å². The number of hydrogen-bond acceptors (Lipinski definition) is 4. The van der Waals surface area contributed by atoms with Gasteiger partial charge in [-0.2, -0.15) is 0 Å². The van der Waals surface area contributed by atoms with Crippen LogP contribution in [0.3, 0.4) is 0 Å². The van der Waals surface area contributed by atoms with Crippen LogP contribution >= 0.6 is 27.5 Å². The molecule has 0 radical (unpaired) electrons. The van der Waals surface area contributed by atoms with Crippen LogP contribution in [-0.4, -0.2) is 15.5 Å². The molecular formula is C15H9BrFN3OS. The van der Waals surface area contributed by atoms with Crippen LogP contribution in [-0.2, 0) is 0 Å². The van der Waals surface area contributed by atoms with E-state index in [4.69, 9.17) is 0 Å². The molecule has 0 atom stereocenters. The van der Waals surface area contributed by atoms with E-state index in [1.807, 2.05) is 30.3 Å². The van der Waals surface area contributed by atoms with Gasteiger partial charge in [-0.05, 0) is 29.7 Å². The zero-order chi connectivity index (χ0) is 15.5. The second-order valence-electron chi connectivity index (χ2n) is 4.39. The number of amides is 1. The molecule has 1 heterocycles. The number of nitrogens with one attached hydrogen (secondary N) is 1. The summed E-state index contributed by atoms with van der Waals surface area (Å²) >= 11 is 4.15. The minimum atomic E-state index is -0.513. The SMILES string of the molecule is O=C(Nc1ccc(Br)cc1F)c1snnc1-c1ccccc1. The Morgan fingerprint density at radius 2 is 1.95 bits per heavy atom. The molecule has 0 aliphatic carbocycles. The number of aromatic nitrogens is 2. The number of anilines is 1. The maximum atomic E-state index is 13.8. The van der Waals surface area contributed by atoms with Crippen LogP contribution in [0.15, 0.2) is 53.0 Å². The molecule has 1 N–H and O–H groups in total. The van der Waals surface area contributed by atoms with Gasteiger partial charge in [0.2, 0.25) is 0 Å². The van der Waals surface area contributed by atoms with E-state index < -0.39 is 11.7 Å². The quantitative estimate of drug-likeness (QED) is 0.737. The molecule has 0 bridgehead atoms. The fourth-order valence-electron chi connectivity index (χ4n) is 1.89. The van der Waals surface area contributed by atoms with Crippen molar-refractivity contribution < 1.29 is 9.18 Å². The van der Waals surface area contributed by atoms with Gasteiger partial charge < -0.3 is 5.32 Å². The van der Waals surface area contributed by atoms with Crippen LogP contribution in [0.5, 0.6) is 0 Å². The third-order valence-corrected chi connectivity index (χ3v) is 4.14. The third kappa shape index (κ3) is 3.05. The largest absolute Gasteiger partial charge is 0.319 e. The number of rotatable bonds is 3. The molecule has 4 nitrogen and oxygen atoms in total. The summed E-state index contributed by atoms with van der Waals surface area (Å²) in [4.78, 5) is 12.7. The van der Waals surface area contributed by atoms with E-state index in [0.29, 0.717) is 15.0 Å². The molecule has 0 saturated carbocycles. The average molecular weight is 378 g/mol. The molecule has 0 spiro atoms. The van der Waals surface area contributed by atoms with Gasteiger partial charge in [-0.25, -0.2) is 4.39 Å². The van der Waals surface area contributed by atoms with Crippen molar-refractivity contribution in [3.05, 3.63) is 63.7 Å². The van der Waals surface area contributed by atoms with Gasteiger partial charge in [0.05, 0.1) is 5.69 Å². The first-order valence-electron chi connectivity index (χ1n) is 6.29. The van der Waals surface area contributed by atoms with Crippen molar-refractivity contribution in [1.29, 1.82) is 0 Å². The van der Waals surface area contributed by atoms with Crippen molar-refractivity contribution in [1.82, 2.24) is 9.59 Å². The fourth-order valence-corrected chi connectivity index (χ4v) is 2.81. The number of carbonyl (C=O) groups is 1. The van der Waals surface area contributed by atoms with E-state index in [0.717, 1.165) is 17.1 Å². The van der Waals surface area contributed by atoms with E-state index in [9.17, 15) is 9.18 Å². The van der Waals surface area contributed by atoms with Gasteiger partial charge in [0, 0.05) is 10.0 Å². The van der Waals surface area contributed by atoms with Gasteiger partial charge >= 0.3 is 0 Å². The zero-order valence-corrected chi connectivity index (χ0v) is 13.5. The van der Waals surface area contributed by atoms with Crippen LogP contribution in [0.1, 0.15) is 9.67 Å². The van der Waals surface area contributed by atoms with Crippen molar-refractivity contribution in [2.24, 2.45) is 0 Å². The Hall–Kier alpha value is -2.12. The summed E-state index contributed by atoms with van der Waals surface area (Å²) in [6.07, 6.45) is 0. The highest BCUT2D eigenvalue weighted by atomic mass is 79.9. The Morgan fingerprint density at radius 3 is 2.68 bits per heavy atom. The molecule has 1 amide bonds. The van der Waals surface area contributed by atoms with E-state index in [2.05, 4.69) is 30.8 Å². The molecule has 0 fully saturated rings. The highest BCUT2D eigenvalue weighted by Gasteiger charge is 2.18. The average Bonchev–Trinajstić information content (AvgIpc) is 3.00. The molecule has 0 aliphatic heterocycles. The lowest BCUT2D eigenvalue weighted by Gasteiger charge is -2.06. The Kier molecular flexibility index (Phi) is 4.26. The van der Waals surface area contributed by atoms with E-state index >= 15 is 0 Å². The maximum Gasteiger partial charge on any atom is 0.269 e. The lowest BCUT2D eigenvalue weighted by molar-refractivity contribution is 0.103. The highest BCUT2D eigenvalue weighted by Crippen LogP contribution is 2.25. The lowest BCUT2D eigenvalue weighted by Crippen LogP contribution is -2.12. The predicted octanol–water partition coefficient (Wildman–Crippen LogP) is 4.36. The van der Waals surface area contributed by atoms with Gasteiger partial charge in [-0.15, -0.1) is 5.10 Å². The van der Waals surface area contributed by atoms with Crippen LogP contribution in [0.4, 0.5) is 10.1 Å².